The molecule has 2 aromatic heterocycles. The molecular weight excluding hydrogens is 422 g/mol. The Morgan fingerprint density at radius 3 is 2.70 bits per heavy atom. The number of hydrogen-bond donors (Lipinski definition) is 2. The molecule has 170 valence electrons. The van der Waals surface area contributed by atoms with Gasteiger partial charge < -0.3 is 20.7 Å². The van der Waals surface area contributed by atoms with E-state index in [4.69, 9.17) is 10.5 Å². The third kappa shape index (κ3) is 3.82. The van der Waals surface area contributed by atoms with Gasteiger partial charge in [-0.2, -0.15) is 10.1 Å². The quantitative estimate of drug-likeness (QED) is 0.563. The van der Waals surface area contributed by atoms with Crippen LogP contribution < -0.4 is 20.7 Å². The normalized spacial score (nSPS) is 15.0. The maximum absolute atomic E-state index is 12.4. The van der Waals surface area contributed by atoms with Gasteiger partial charge in [-0.1, -0.05) is 0 Å². The average molecular weight is 447 g/mol. The Balaban J connectivity index is 1.49. The van der Waals surface area contributed by atoms with Crippen LogP contribution >= 0.6 is 0 Å². The van der Waals surface area contributed by atoms with E-state index in [0.29, 0.717) is 29.8 Å². The summed E-state index contributed by atoms with van der Waals surface area (Å²) in [6.45, 7) is 5.09. The zero-order chi connectivity index (χ0) is 23.1. The van der Waals surface area contributed by atoms with Crippen LogP contribution in [0.15, 0.2) is 24.4 Å². The van der Waals surface area contributed by atoms with Crippen molar-refractivity contribution in [2.75, 3.05) is 31.1 Å². The molecule has 3 aromatic rings. The Hall–Kier alpha value is -3.79. The molecule has 1 aliphatic heterocycles. The van der Waals surface area contributed by atoms with Crippen LogP contribution in [0.4, 0.5) is 5.69 Å². The van der Waals surface area contributed by atoms with Gasteiger partial charge in [-0.25, -0.2) is 4.98 Å². The Morgan fingerprint density at radius 1 is 1.18 bits per heavy atom. The fraction of sp³-hybridized carbons (Fsp3) is 0.348. The number of primary amides is 1. The smallest absolute Gasteiger partial charge is 0.322 e. The molecule has 1 aliphatic carbocycles. The average Bonchev–Trinajstić information content (AvgIpc) is 3.17. The minimum Gasteiger partial charge on any atom is -0.424 e. The number of nitrogens with one attached hydrogen (secondary N) is 1. The van der Waals surface area contributed by atoms with Gasteiger partial charge in [-0.05, 0) is 43.5 Å². The lowest BCUT2D eigenvalue weighted by molar-refractivity contribution is 0.0990. The van der Waals surface area contributed by atoms with Gasteiger partial charge in [0.25, 0.3) is 5.91 Å². The first kappa shape index (κ1) is 21.1. The molecule has 0 unspecified atom stereocenters. The van der Waals surface area contributed by atoms with Crippen molar-refractivity contribution < 1.29 is 14.3 Å². The van der Waals surface area contributed by atoms with E-state index in [1.54, 1.807) is 24.0 Å². The summed E-state index contributed by atoms with van der Waals surface area (Å²) in [5.74, 6) is -0.253. The number of fused-ring (bicyclic) bond motifs is 3. The van der Waals surface area contributed by atoms with Gasteiger partial charge in [0.15, 0.2) is 11.5 Å². The summed E-state index contributed by atoms with van der Waals surface area (Å²) in [4.78, 5) is 35.4. The number of rotatable bonds is 5. The van der Waals surface area contributed by atoms with Gasteiger partial charge in [-0.3, -0.25) is 14.3 Å². The van der Waals surface area contributed by atoms with Crippen molar-refractivity contribution in [3.63, 3.8) is 0 Å². The molecule has 0 bridgehead atoms. The van der Waals surface area contributed by atoms with E-state index in [0.717, 1.165) is 48.7 Å². The number of anilines is 1. The lowest BCUT2D eigenvalue weighted by atomic mass is 9.93. The van der Waals surface area contributed by atoms with E-state index in [-0.39, 0.29) is 17.5 Å². The summed E-state index contributed by atoms with van der Waals surface area (Å²) < 4.78 is 7.61. The van der Waals surface area contributed by atoms with E-state index >= 15 is 0 Å². The monoisotopic (exact) mass is 447 g/mol. The molecule has 3 N–H and O–H groups in total. The summed E-state index contributed by atoms with van der Waals surface area (Å²) in [7, 11) is 1.76. The van der Waals surface area contributed by atoms with Gasteiger partial charge >= 0.3 is 6.01 Å². The number of nitrogens with zero attached hydrogens (tertiary/aromatic N) is 5. The first-order chi connectivity index (χ1) is 15.9. The molecule has 2 aliphatic rings. The van der Waals surface area contributed by atoms with Crippen LogP contribution in [0.1, 0.15) is 38.9 Å². The first-order valence-corrected chi connectivity index (χ1v) is 10.9. The molecule has 1 aromatic carbocycles. The molecule has 0 spiro atoms. The predicted molar refractivity (Wildman–Crippen MR) is 122 cm³/mol. The summed E-state index contributed by atoms with van der Waals surface area (Å²) in [5, 5.41) is 7.61. The fourth-order valence-electron chi connectivity index (χ4n) is 4.49. The highest BCUT2D eigenvalue weighted by Crippen LogP contribution is 2.35. The fourth-order valence-corrected chi connectivity index (χ4v) is 4.49. The van der Waals surface area contributed by atoms with E-state index < -0.39 is 5.91 Å². The molecule has 10 heteroatoms. The lowest BCUT2D eigenvalue weighted by Crippen LogP contribution is -2.43. The van der Waals surface area contributed by atoms with E-state index in [9.17, 15) is 9.59 Å². The molecule has 10 nitrogen and oxygen atoms in total. The van der Waals surface area contributed by atoms with E-state index in [1.807, 2.05) is 12.1 Å². The highest BCUT2D eigenvalue weighted by atomic mass is 16.5. The predicted octanol–water partition coefficient (Wildman–Crippen LogP) is 1.48. The van der Waals surface area contributed by atoms with Crippen LogP contribution in [0.25, 0.3) is 11.4 Å². The zero-order valence-electron chi connectivity index (χ0n) is 18.6. The molecule has 33 heavy (non-hydrogen) atoms. The third-order valence-corrected chi connectivity index (χ3v) is 6.12. The number of Topliss-reactive ketones (excluding diaryl/α,β-unsaturated/α-hetero) is 1. The molecular formula is C23H25N7O3. The Morgan fingerprint density at radius 2 is 1.97 bits per heavy atom. The van der Waals surface area contributed by atoms with Gasteiger partial charge in [0.2, 0.25) is 0 Å². The number of benzene rings is 1. The number of hydrogen-bond acceptors (Lipinski definition) is 8. The third-order valence-electron chi connectivity index (χ3n) is 6.12. The molecule has 3 heterocycles. The van der Waals surface area contributed by atoms with Crippen LogP contribution in [-0.2, 0) is 19.9 Å². The van der Waals surface area contributed by atoms with Gasteiger partial charge in [0, 0.05) is 50.7 Å². The number of aromatic nitrogens is 4. The van der Waals surface area contributed by atoms with Crippen LogP contribution in [0.2, 0.25) is 0 Å². The van der Waals surface area contributed by atoms with Crippen LogP contribution in [0, 0.1) is 0 Å². The molecule has 1 amide bonds. The SMILES string of the molecule is CC(=O)c1cc(N2CCNCC2)ccc1Oc1ncc2c(n1)-c1c(c(C(N)=O)nn1C)CC2. The van der Waals surface area contributed by atoms with Crippen molar-refractivity contribution in [3.05, 3.63) is 46.8 Å². The maximum atomic E-state index is 12.4. The molecule has 0 radical (unpaired) electrons. The van der Waals surface area contributed by atoms with Crippen molar-refractivity contribution in [3.8, 4) is 23.1 Å². The maximum Gasteiger partial charge on any atom is 0.322 e. The molecule has 0 atom stereocenters. The van der Waals surface area contributed by atoms with Crippen molar-refractivity contribution in [1.29, 1.82) is 0 Å². The standard InChI is InChI=1S/C23H25N7O3/c1-13(31)17-11-15(30-9-7-25-8-10-30)4-6-18(17)33-23-26-12-14-3-5-16-20(22(24)32)28-29(2)21(16)19(14)27-23/h4,6,11-12,25H,3,5,7-10H2,1-2H3,(H2,24,32). The Kier molecular flexibility index (Phi) is 5.29. The number of nitrogens with two attached hydrogens (primary N) is 1. The summed E-state index contributed by atoms with van der Waals surface area (Å²) >= 11 is 0. The van der Waals surface area contributed by atoms with E-state index in [2.05, 4.69) is 25.3 Å². The summed E-state index contributed by atoms with van der Waals surface area (Å²) in [6, 6.07) is 5.72. The lowest BCUT2D eigenvalue weighted by Gasteiger charge is -2.29. The molecule has 5 rings (SSSR count). The second kappa shape index (κ2) is 8.28. The van der Waals surface area contributed by atoms with Crippen molar-refractivity contribution in [2.45, 2.75) is 19.8 Å². The number of aryl methyl sites for hydroxylation is 2. The number of piperazine rings is 1. The number of amides is 1. The highest BCUT2D eigenvalue weighted by molar-refractivity contribution is 5.98. The van der Waals surface area contributed by atoms with Crippen LogP contribution in [0.3, 0.4) is 0 Å². The minimum atomic E-state index is -0.559. The van der Waals surface area contributed by atoms with E-state index in [1.165, 1.54) is 6.92 Å². The number of carbonyl (C=O) groups excluding carboxylic acids is 2. The van der Waals surface area contributed by atoms with Crippen molar-refractivity contribution >= 4 is 17.4 Å². The van der Waals surface area contributed by atoms with Crippen molar-refractivity contribution in [2.24, 2.45) is 12.8 Å². The second-order valence-electron chi connectivity index (χ2n) is 8.27. The number of ketones is 1. The van der Waals surface area contributed by atoms with Crippen molar-refractivity contribution in [1.82, 2.24) is 25.1 Å². The molecule has 1 fully saturated rings. The van der Waals surface area contributed by atoms with Gasteiger partial charge in [0.1, 0.15) is 5.75 Å². The first-order valence-electron chi connectivity index (χ1n) is 10.9. The van der Waals surface area contributed by atoms with Crippen LogP contribution in [-0.4, -0.2) is 57.6 Å². The highest BCUT2D eigenvalue weighted by Gasteiger charge is 2.28. The number of ether oxygens (including phenoxy) is 1. The van der Waals surface area contributed by atoms with Crippen LogP contribution in [0.5, 0.6) is 11.8 Å². The Labute approximate surface area is 190 Å². The molecule has 0 saturated carbocycles. The summed E-state index contributed by atoms with van der Waals surface area (Å²) in [5.41, 5.74) is 10.3. The number of carbonyl (C=O) groups is 2. The topological polar surface area (TPSA) is 128 Å². The Bertz CT molecular complexity index is 1260. The zero-order valence-corrected chi connectivity index (χ0v) is 18.6. The van der Waals surface area contributed by atoms with Gasteiger partial charge in [0.05, 0.1) is 17.0 Å². The molecule has 1 saturated heterocycles. The largest absolute Gasteiger partial charge is 0.424 e. The second-order valence-corrected chi connectivity index (χ2v) is 8.27. The summed E-state index contributed by atoms with van der Waals surface area (Å²) in [6.07, 6.45) is 3.03. The van der Waals surface area contributed by atoms with Gasteiger partial charge in [-0.15, -0.1) is 0 Å². The minimum absolute atomic E-state index is 0.0973.